The minimum Gasteiger partial charge on any atom is -0.481 e. The van der Waals surface area contributed by atoms with Crippen LogP contribution in [-0.4, -0.2) is 66.9 Å². The molecule has 2 aromatic carbocycles. The number of amides is 2. The summed E-state index contributed by atoms with van der Waals surface area (Å²) < 4.78 is 10.7. The number of carbonyl (C=O) groups is 3. The van der Waals surface area contributed by atoms with E-state index >= 15 is 0 Å². The third-order valence-corrected chi connectivity index (χ3v) is 5.89. The molecule has 2 amide bonds. The zero-order chi connectivity index (χ0) is 24.0. The highest BCUT2D eigenvalue weighted by Gasteiger charge is 2.31. The first kappa shape index (κ1) is 24.3. The molecule has 0 fully saturated rings. The standard InChI is InChI=1S/C25H30N2O6/c1-4-27(14-16(2)32-3)24(30)22(13-23(28)29)26-25(31)33-15-21-19-11-7-5-9-17(19)18-10-6-8-12-20(18)21/h5-12,16,21-22H,4,13-15H2,1-3H3,(H,26,31)(H,28,29). The Kier molecular flexibility index (Phi) is 8.06. The van der Waals surface area contributed by atoms with Crippen molar-refractivity contribution in [2.45, 2.75) is 38.3 Å². The summed E-state index contributed by atoms with van der Waals surface area (Å²) >= 11 is 0. The second-order valence-electron chi connectivity index (χ2n) is 8.04. The van der Waals surface area contributed by atoms with Crippen LogP contribution < -0.4 is 5.32 Å². The van der Waals surface area contributed by atoms with Crippen molar-refractivity contribution >= 4 is 18.0 Å². The van der Waals surface area contributed by atoms with Crippen molar-refractivity contribution in [3.8, 4) is 11.1 Å². The van der Waals surface area contributed by atoms with Crippen molar-refractivity contribution in [2.75, 3.05) is 26.8 Å². The molecule has 2 atom stereocenters. The fourth-order valence-electron chi connectivity index (χ4n) is 4.14. The van der Waals surface area contributed by atoms with Gasteiger partial charge in [-0.05, 0) is 36.1 Å². The van der Waals surface area contributed by atoms with E-state index < -0.39 is 30.4 Å². The number of rotatable bonds is 10. The molecule has 0 spiro atoms. The lowest BCUT2D eigenvalue weighted by atomic mass is 9.98. The molecule has 1 aliphatic rings. The number of carbonyl (C=O) groups excluding carboxylic acids is 2. The Bertz CT molecular complexity index is 962. The van der Waals surface area contributed by atoms with E-state index in [-0.39, 0.29) is 25.2 Å². The van der Waals surface area contributed by atoms with Gasteiger partial charge in [-0.25, -0.2) is 4.79 Å². The van der Waals surface area contributed by atoms with Crippen LogP contribution in [0, 0.1) is 0 Å². The average molecular weight is 455 g/mol. The number of fused-ring (bicyclic) bond motifs is 3. The van der Waals surface area contributed by atoms with Crippen LogP contribution in [0.15, 0.2) is 48.5 Å². The number of benzene rings is 2. The molecule has 3 rings (SSSR count). The zero-order valence-electron chi connectivity index (χ0n) is 19.1. The Labute approximate surface area is 193 Å². The van der Waals surface area contributed by atoms with Crippen molar-refractivity contribution in [3.05, 3.63) is 59.7 Å². The summed E-state index contributed by atoms with van der Waals surface area (Å²) in [4.78, 5) is 38.3. The van der Waals surface area contributed by atoms with Gasteiger partial charge in [0.15, 0.2) is 0 Å². The van der Waals surface area contributed by atoms with Crippen LogP contribution in [0.5, 0.6) is 0 Å². The van der Waals surface area contributed by atoms with E-state index in [1.165, 1.54) is 12.0 Å². The van der Waals surface area contributed by atoms with Gasteiger partial charge in [0.25, 0.3) is 0 Å². The van der Waals surface area contributed by atoms with Gasteiger partial charge < -0.3 is 24.8 Å². The second kappa shape index (κ2) is 11.0. The summed E-state index contributed by atoms with van der Waals surface area (Å²) in [6.07, 6.45) is -1.60. The molecule has 2 unspecified atom stereocenters. The van der Waals surface area contributed by atoms with Gasteiger partial charge in [-0.1, -0.05) is 48.5 Å². The minimum absolute atomic E-state index is 0.0754. The van der Waals surface area contributed by atoms with Crippen LogP contribution >= 0.6 is 0 Å². The molecule has 2 aromatic rings. The highest BCUT2D eigenvalue weighted by molar-refractivity contribution is 5.89. The van der Waals surface area contributed by atoms with Crippen LogP contribution in [0.2, 0.25) is 0 Å². The van der Waals surface area contributed by atoms with Gasteiger partial charge in [0.2, 0.25) is 5.91 Å². The molecule has 0 saturated carbocycles. The largest absolute Gasteiger partial charge is 0.481 e. The van der Waals surface area contributed by atoms with Crippen LogP contribution in [0.3, 0.4) is 0 Å². The van der Waals surface area contributed by atoms with Crippen molar-refractivity contribution < 1.29 is 29.0 Å². The first-order valence-corrected chi connectivity index (χ1v) is 11.0. The second-order valence-corrected chi connectivity index (χ2v) is 8.04. The van der Waals surface area contributed by atoms with E-state index in [2.05, 4.69) is 5.32 Å². The molecule has 0 aromatic heterocycles. The zero-order valence-corrected chi connectivity index (χ0v) is 19.1. The predicted octanol–water partition coefficient (Wildman–Crippen LogP) is 3.25. The summed E-state index contributed by atoms with van der Waals surface area (Å²) in [5, 5.41) is 11.7. The van der Waals surface area contributed by atoms with Gasteiger partial charge in [-0.2, -0.15) is 0 Å². The summed E-state index contributed by atoms with van der Waals surface area (Å²) in [5.74, 6) is -1.81. The van der Waals surface area contributed by atoms with Gasteiger partial charge in [-0.3, -0.25) is 9.59 Å². The van der Waals surface area contributed by atoms with Gasteiger partial charge in [0.05, 0.1) is 12.5 Å². The Morgan fingerprint density at radius 2 is 1.64 bits per heavy atom. The molecule has 0 aliphatic heterocycles. The van der Waals surface area contributed by atoms with E-state index in [4.69, 9.17) is 9.47 Å². The third-order valence-electron chi connectivity index (χ3n) is 5.89. The monoisotopic (exact) mass is 454 g/mol. The first-order chi connectivity index (χ1) is 15.8. The van der Waals surface area contributed by atoms with Crippen molar-refractivity contribution in [2.24, 2.45) is 0 Å². The number of hydrogen-bond acceptors (Lipinski definition) is 5. The van der Waals surface area contributed by atoms with E-state index in [1.54, 1.807) is 13.8 Å². The quantitative estimate of drug-likeness (QED) is 0.571. The summed E-state index contributed by atoms with van der Waals surface area (Å²) in [6.45, 7) is 4.31. The van der Waals surface area contributed by atoms with Crippen molar-refractivity contribution in [1.82, 2.24) is 10.2 Å². The Balaban J connectivity index is 1.69. The minimum atomic E-state index is -1.23. The maximum Gasteiger partial charge on any atom is 0.407 e. The van der Waals surface area contributed by atoms with Crippen LogP contribution in [0.1, 0.15) is 37.3 Å². The van der Waals surface area contributed by atoms with E-state index in [0.717, 1.165) is 22.3 Å². The molecule has 8 nitrogen and oxygen atoms in total. The van der Waals surface area contributed by atoms with Crippen molar-refractivity contribution in [1.29, 1.82) is 0 Å². The molecule has 0 radical (unpaired) electrons. The van der Waals surface area contributed by atoms with Crippen molar-refractivity contribution in [3.63, 3.8) is 0 Å². The molecule has 33 heavy (non-hydrogen) atoms. The Morgan fingerprint density at radius 3 is 2.15 bits per heavy atom. The van der Waals surface area contributed by atoms with Crippen LogP contribution in [0.4, 0.5) is 4.79 Å². The lowest BCUT2D eigenvalue weighted by Crippen LogP contribution is -2.51. The molecule has 2 N–H and O–H groups in total. The van der Waals surface area contributed by atoms with Crippen LogP contribution in [-0.2, 0) is 19.1 Å². The smallest absolute Gasteiger partial charge is 0.407 e. The number of nitrogens with one attached hydrogen (secondary N) is 1. The number of carboxylic acid groups (broad SMARTS) is 1. The third kappa shape index (κ3) is 5.70. The topological polar surface area (TPSA) is 105 Å². The highest BCUT2D eigenvalue weighted by Crippen LogP contribution is 2.44. The summed E-state index contributed by atoms with van der Waals surface area (Å²) in [5.41, 5.74) is 4.34. The number of hydrogen-bond donors (Lipinski definition) is 2. The number of ether oxygens (including phenoxy) is 2. The number of methoxy groups -OCH3 is 1. The van der Waals surface area contributed by atoms with Crippen LogP contribution in [0.25, 0.3) is 11.1 Å². The Morgan fingerprint density at radius 1 is 1.06 bits per heavy atom. The average Bonchev–Trinajstić information content (AvgIpc) is 3.13. The highest BCUT2D eigenvalue weighted by atomic mass is 16.5. The SMILES string of the molecule is CCN(CC(C)OC)C(=O)C(CC(=O)O)NC(=O)OCC1c2ccccc2-c2ccccc21. The van der Waals surface area contributed by atoms with Gasteiger partial charge >= 0.3 is 12.1 Å². The van der Waals surface area contributed by atoms with Gasteiger partial charge in [0.1, 0.15) is 12.6 Å². The van der Waals surface area contributed by atoms with Gasteiger partial charge in [-0.15, -0.1) is 0 Å². The maximum atomic E-state index is 12.9. The number of aliphatic carboxylic acids is 1. The molecule has 0 saturated heterocycles. The van der Waals surface area contributed by atoms with Gasteiger partial charge in [0, 0.05) is 26.1 Å². The number of likely N-dealkylation sites (N-methyl/N-ethyl adjacent to an activating group) is 1. The maximum absolute atomic E-state index is 12.9. The fourth-order valence-corrected chi connectivity index (χ4v) is 4.14. The normalized spacial score (nSPS) is 14.0. The predicted molar refractivity (Wildman–Crippen MR) is 123 cm³/mol. The number of nitrogens with zero attached hydrogens (tertiary/aromatic N) is 1. The number of carboxylic acids is 1. The lowest BCUT2D eigenvalue weighted by Gasteiger charge is -2.28. The Hall–Kier alpha value is -3.39. The molecular weight excluding hydrogens is 424 g/mol. The molecule has 176 valence electrons. The molecule has 0 heterocycles. The lowest BCUT2D eigenvalue weighted by molar-refractivity contribution is -0.143. The molecule has 0 bridgehead atoms. The van der Waals surface area contributed by atoms with E-state index in [0.29, 0.717) is 6.54 Å². The summed E-state index contributed by atoms with van der Waals surface area (Å²) in [6, 6.07) is 14.7. The summed E-state index contributed by atoms with van der Waals surface area (Å²) in [7, 11) is 1.53. The fraction of sp³-hybridized carbons (Fsp3) is 0.400. The first-order valence-electron chi connectivity index (χ1n) is 11.0. The van der Waals surface area contributed by atoms with E-state index in [9.17, 15) is 19.5 Å². The molecule has 8 heteroatoms. The van der Waals surface area contributed by atoms with E-state index in [1.807, 2.05) is 48.5 Å². The molecular formula is C25H30N2O6. The number of alkyl carbamates (subject to hydrolysis) is 1. The molecule has 1 aliphatic carbocycles.